The second-order valence-corrected chi connectivity index (χ2v) is 4.81. The van der Waals surface area contributed by atoms with Crippen molar-refractivity contribution in [2.75, 3.05) is 19.8 Å². The Morgan fingerprint density at radius 1 is 1.30 bits per heavy atom. The van der Waals surface area contributed by atoms with Gasteiger partial charge in [-0.2, -0.15) is 0 Å². The minimum Gasteiger partial charge on any atom is -0.381 e. The van der Waals surface area contributed by atoms with Crippen molar-refractivity contribution < 1.29 is 9.53 Å². The topological polar surface area (TPSA) is 64.3 Å². The third kappa shape index (κ3) is 4.37. The smallest absolute Gasteiger partial charge is 0.223 e. The molecule has 0 aromatic heterocycles. The molecule has 0 unspecified atom stereocenters. The molecule has 1 aliphatic heterocycles. The van der Waals surface area contributed by atoms with Gasteiger partial charge in [-0.15, -0.1) is 0 Å². The number of hydrogen-bond donors (Lipinski definition) is 2. The number of nitrogens with one attached hydrogen (secondary N) is 1. The molecule has 1 fully saturated rings. The van der Waals surface area contributed by atoms with Gasteiger partial charge in [0.2, 0.25) is 5.91 Å². The van der Waals surface area contributed by atoms with E-state index in [-0.39, 0.29) is 11.8 Å². The van der Waals surface area contributed by atoms with Crippen LogP contribution in [0.5, 0.6) is 0 Å². The van der Waals surface area contributed by atoms with E-state index in [2.05, 4.69) is 17.2 Å². The molecule has 1 amide bonds. The molecule has 106 valence electrons. The molecule has 3 N–H and O–H groups in total. The summed E-state index contributed by atoms with van der Waals surface area (Å²) in [6.07, 6.45) is 1.64. The highest BCUT2D eigenvalue weighted by molar-refractivity contribution is 5.78. The number of ether oxygens (including phenoxy) is 1. The van der Waals surface area contributed by atoms with Crippen LogP contribution in [0.1, 0.15) is 24.0 Å². The van der Waals surface area contributed by atoms with Gasteiger partial charge in [0.15, 0.2) is 0 Å². The van der Waals surface area contributed by atoms with Gasteiger partial charge in [-0.05, 0) is 30.5 Å². The number of hydrogen-bond acceptors (Lipinski definition) is 3. The van der Waals surface area contributed by atoms with Gasteiger partial charge in [0.1, 0.15) is 0 Å². The standard InChI is InChI=1S/C16H20N2O2/c17-9-1-2-13-3-5-14(6-4-13)12-18-16(19)15-7-10-20-11-8-15/h3-6,15H,7-12,17H2,(H,18,19). The van der Waals surface area contributed by atoms with Crippen molar-refractivity contribution in [1.29, 1.82) is 0 Å². The number of nitrogens with two attached hydrogens (primary N) is 1. The number of carbonyl (C=O) groups excluding carboxylic acids is 1. The lowest BCUT2D eigenvalue weighted by Crippen LogP contribution is -2.33. The lowest BCUT2D eigenvalue weighted by molar-refractivity contribution is -0.128. The van der Waals surface area contributed by atoms with Crippen molar-refractivity contribution >= 4 is 5.91 Å². The Hall–Kier alpha value is -1.83. The zero-order valence-corrected chi connectivity index (χ0v) is 11.5. The van der Waals surface area contributed by atoms with Gasteiger partial charge in [0.05, 0.1) is 6.54 Å². The van der Waals surface area contributed by atoms with Gasteiger partial charge >= 0.3 is 0 Å². The van der Waals surface area contributed by atoms with E-state index in [1.165, 1.54) is 0 Å². The molecule has 1 aromatic rings. The van der Waals surface area contributed by atoms with E-state index < -0.39 is 0 Å². The molecule has 2 rings (SSSR count). The summed E-state index contributed by atoms with van der Waals surface area (Å²) < 4.78 is 5.26. The predicted octanol–water partition coefficient (Wildman–Crippen LogP) is 1.04. The molecule has 1 aromatic carbocycles. The van der Waals surface area contributed by atoms with Crippen LogP contribution in [0.15, 0.2) is 24.3 Å². The summed E-state index contributed by atoms with van der Waals surface area (Å²) in [6, 6.07) is 7.84. The van der Waals surface area contributed by atoms with Crippen LogP contribution in [0, 0.1) is 17.8 Å². The predicted molar refractivity (Wildman–Crippen MR) is 77.8 cm³/mol. The molecule has 0 atom stereocenters. The van der Waals surface area contributed by atoms with Crippen LogP contribution in [0.4, 0.5) is 0 Å². The van der Waals surface area contributed by atoms with Crippen molar-refractivity contribution in [2.45, 2.75) is 19.4 Å². The fourth-order valence-electron chi connectivity index (χ4n) is 2.15. The average Bonchev–Trinajstić information content (AvgIpc) is 2.52. The number of amides is 1. The zero-order valence-electron chi connectivity index (χ0n) is 11.5. The quantitative estimate of drug-likeness (QED) is 0.808. The van der Waals surface area contributed by atoms with Crippen LogP contribution in [0.25, 0.3) is 0 Å². The fraction of sp³-hybridized carbons (Fsp3) is 0.438. The molecule has 0 bridgehead atoms. The van der Waals surface area contributed by atoms with Gasteiger partial charge in [-0.25, -0.2) is 0 Å². The Morgan fingerprint density at radius 3 is 2.65 bits per heavy atom. The molecule has 4 heteroatoms. The molecule has 1 heterocycles. The summed E-state index contributed by atoms with van der Waals surface area (Å²) in [5.41, 5.74) is 7.34. The molecule has 0 radical (unpaired) electrons. The molecule has 0 saturated carbocycles. The van der Waals surface area contributed by atoms with Gasteiger partial charge in [0, 0.05) is 31.2 Å². The highest BCUT2D eigenvalue weighted by Crippen LogP contribution is 2.14. The first kappa shape index (κ1) is 14.6. The maximum Gasteiger partial charge on any atom is 0.223 e. The fourth-order valence-corrected chi connectivity index (χ4v) is 2.15. The molecular formula is C16H20N2O2. The van der Waals surface area contributed by atoms with E-state index in [0.717, 1.165) is 24.0 Å². The molecule has 0 spiro atoms. The van der Waals surface area contributed by atoms with Crippen molar-refractivity contribution in [2.24, 2.45) is 11.7 Å². The second kappa shape index (κ2) is 7.68. The SMILES string of the molecule is NCC#Cc1ccc(CNC(=O)C2CCOCC2)cc1. The lowest BCUT2D eigenvalue weighted by atomic mass is 9.99. The van der Waals surface area contributed by atoms with Crippen LogP contribution in [0.2, 0.25) is 0 Å². The van der Waals surface area contributed by atoms with E-state index in [1.54, 1.807) is 0 Å². The van der Waals surface area contributed by atoms with Crippen LogP contribution in [-0.2, 0) is 16.1 Å². The maximum atomic E-state index is 12.0. The summed E-state index contributed by atoms with van der Waals surface area (Å²) in [4.78, 5) is 12.0. The molecule has 4 nitrogen and oxygen atoms in total. The van der Waals surface area contributed by atoms with Crippen molar-refractivity contribution in [3.63, 3.8) is 0 Å². The van der Waals surface area contributed by atoms with E-state index in [4.69, 9.17) is 10.5 Å². The molecule has 0 aliphatic carbocycles. The highest BCUT2D eigenvalue weighted by Gasteiger charge is 2.20. The third-order valence-corrected chi connectivity index (χ3v) is 3.35. The van der Waals surface area contributed by atoms with E-state index in [0.29, 0.717) is 26.3 Å². The Morgan fingerprint density at radius 2 is 2.00 bits per heavy atom. The minimum atomic E-state index is 0.0958. The van der Waals surface area contributed by atoms with E-state index >= 15 is 0 Å². The van der Waals surface area contributed by atoms with Crippen LogP contribution < -0.4 is 11.1 Å². The molecule has 1 saturated heterocycles. The number of rotatable bonds is 3. The number of carbonyl (C=O) groups is 1. The Bertz CT molecular complexity index is 493. The first-order valence-electron chi connectivity index (χ1n) is 6.93. The minimum absolute atomic E-state index is 0.0958. The maximum absolute atomic E-state index is 12.0. The van der Waals surface area contributed by atoms with Crippen molar-refractivity contribution in [1.82, 2.24) is 5.32 Å². The van der Waals surface area contributed by atoms with Crippen molar-refractivity contribution in [3.8, 4) is 11.8 Å². The third-order valence-electron chi connectivity index (χ3n) is 3.35. The Balaban J connectivity index is 1.82. The van der Waals surface area contributed by atoms with Gasteiger partial charge < -0.3 is 15.8 Å². The number of benzene rings is 1. The van der Waals surface area contributed by atoms with E-state index in [9.17, 15) is 4.79 Å². The molecule has 20 heavy (non-hydrogen) atoms. The largest absolute Gasteiger partial charge is 0.381 e. The monoisotopic (exact) mass is 272 g/mol. The normalized spacial score (nSPS) is 15.2. The Labute approximate surface area is 119 Å². The van der Waals surface area contributed by atoms with Crippen LogP contribution in [0.3, 0.4) is 0 Å². The summed E-state index contributed by atoms with van der Waals surface area (Å²) >= 11 is 0. The van der Waals surface area contributed by atoms with Gasteiger partial charge in [0.25, 0.3) is 0 Å². The second-order valence-electron chi connectivity index (χ2n) is 4.81. The van der Waals surface area contributed by atoms with Crippen LogP contribution >= 0.6 is 0 Å². The summed E-state index contributed by atoms with van der Waals surface area (Å²) in [6.45, 7) is 2.29. The van der Waals surface area contributed by atoms with Crippen molar-refractivity contribution in [3.05, 3.63) is 35.4 Å². The van der Waals surface area contributed by atoms with E-state index in [1.807, 2.05) is 24.3 Å². The highest BCUT2D eigenvalue weighted by atomic mass is 16.5. The average molecular weight is 272 g/mol. The van der Waals surface area contributed by atoms with Gasteiger partial charge in [-0.1, -0.05) is 24.0 Å². The first-order valence-corrected chi connectivity index (χ1v) is 6.93. The summed E-state index contributed by atoms with van der Waals surface area (Å²) in [7, 11) is 0. The zero-order chi connectivity index (χ0) is 14.2. The van der Waals surface area contributed by atoms with Gasteiger partial charge in [-0.3, -0.25) is 4.79 Å². The lowest BCUT2D eigenvalue weighted by Gasteiger charge is -2.21. The molecule has 1 aliphatic rings. The molecular weight excluding hydrogens is 252 g/mol. The Kier molecular flexibility index (Phi) is 5.60. The summed E-state index contributed by atoms with van der Waals surface area (Å²) in [5.74, 6) is 6.01. The first-order chi connectivity index (χ1) is 9.79. The summed E-state index contributed by atoms with van der Waals surface area (Å²) in [5, 5.41) is 2.98. The van der Waals surface area contributed by atoms with Crippen LogP contribution in [-0.4, -0.2) is 25.7 Å².